The van der Waals surface area contributed by atoms with Crippen molar-refractivity contribution in [2.24, 2.45) is 0 Å². The predicted octanol–water partition coefficient (Wildman–Crippen LogP) is 4.44. The second kappa shape index (κ2) is 6.58. The average Bonchev–Trinajstić information content (AvgIpc) is 3.33. The van der Waals surface area contributed by atoms with Crippen LogP contribution in [0.25, 0.3) is 27.7 Å². The Morgan fingerprint density at radius 3 is 2.83 bits per heavy atom. The van der Waals surface area contributed by atoms with Crippen molar-refractivity contribution in [3.8, 4) is 11.1 Å². The summed E-state index contributed by atoms with van der Waals surface area (Å²) in [6.07, 6.45) is 2.63. The molecule has 0 aliphatic heterocycles. The third kappa shape index (κ3) is 3.20. The molecule has 30 heavy (non-hydrogen) atoms. The van der Waals surface area contributed by atoms with Gasteiger partial charge in [0.1, 0.15) is 11.7 Å². The molecule has 4 aromatic heterocycles. The lowest BCUT2D eigenvalue weighted by molar-refractivity contribution is -0.149. The molecular formula is C21H18F3N5O. The Morgan fingerprint density at radius 2 is 2.10 bits per heavy atom. The highest BCUT2D eigenvalue weighted by atomic mass is 19.4. The molecule has 2 N–H and O–H groups in total. The summed E-state index contributed by atoms with van der Waals surface area (Å²) in [4.78, 5) is 20.3. The zero-order valence-corrected chi connectivity index (χ0v) is 16.0. The number of nitrogens with one attached hydrogen (secondary N) is 2. The number of carbonyl (C=O) groups excluding carboxylic acids is 1. The molecule has 1 aliphatic rings. The van der Waals surface area contributed by atoms with Gasteiger partial charge in [-0.15, -0.1) is 0 Å². The van der Waals surface area contributed by atoms with E-state index in [-0.39, 0.29) is 5.56 Å². The third-order valence-corrected chi connectivity index (χ3v) is 5.47. The highest BCUT2D eigenvalue weighted by Gasteiger charge is 2.37. The van der Waals surface area contributed by atoms with E-state index in [0.29, 0.717) is 11.4 Å². The first-order valence-corrected chi connectivity index (χ1v) is 9.64. The molecule has 0 bridgehead atoms. The van der Waals surface area contributed by atoms with E-state index in [1.54, 1.807) is 12.3 Å². The Balaban J connectivity index is 1.51. The molecule has 9 heteroatoms. The molecule has 0 aromatic carbocycles. The first-order chi connectivity index (χ1) is 14.3. The number of amides is 1. The van der Waals surface area contributed by atoms with Crippen LogP contribution in [0.4, 0.5) is 13.2 Å². The van der Waals surface area contributed by atoms with E-state index in [1.165, 1.54) is 23.6 Å². The minimum Gasteiger partial charge on any atom is -0.346 e. The number of halogens is 3. The maximum absolute atomic E-state index is 12.8. The summed E-state index contributed by atoms with van der Waals surface area (Å²) in [5.41, 5.74) is 4.10. The number of alkyl halides is 3. The number of hydrogen-bond acceptors (Lipinski definition) is 3. The van der Waals surface area contributed by atoms with Gasteiger partial charge in [0.2, 0.25) is 0 Å². The van der Waals surface area contributed by atoms with Crippen molar-refractivity contribution in [2.45, 2.75) is 37.9 Å². The van der Waals surface area contributed by atoms with Crippen molar-refractivity contribution in [3.05, 3.63) is 54.1 Å². The van der Waals surface area contributed by atoms with E-state index in [9.17, 15) is 18.0 Å². The molecule has 1 fully saturated rings. The van der Waals surface area contributed by atoms with Crippen LogP contribution >= 0.6 is 0 Å². The number of rotatable bonds is 4. The first kappa shape index (κ1) is 18.7. The van der Waals surface area contributed by atoms with E-state index in [2.05, 4.69) is 10.1 Å². The molecular weight excluding hydrogens is 395 g/mol. The highest BCUT2D eigenvalue weighted by molar-refractivity contribution is 6.02. The van der Waals surface area contributed by atoms with Crippen molar-refractivity contribution in [3.63, 3.8) is 0 Å². The lowest BCUT2D eigenvalue weighted by atomic mass is 10.1. The van der Waals surface area contributed by atoms with Crippen LogP contribution in [0.15, 0.2) is 42.9 Å². The molecule has 1 atom stereocenters. The zero-order chi connectivity index (χ0) is 21.0. The maximum Gasteiger partial charge on any atom is 0.408 e. The zero-order valence-electron chi connectivity index (χ0n) is 16.0. The molecule has 6 nitrogen and oxygen atoms in total. The Kier molecular flexibility index (Phi) is 4.09. The molecule has 154 valence electrons. The van der Waals surface area contributed by atoms with Crippen LogP contribution in [0.5, 0.6) is 0 Å². The van der Waals surface area contributed by atoms with E-state index < -0.39 is 18.1 Å². The summed E-state index contributed by atoms with van der Waals surface area (Å²) in [6, 6.07) is 5.70. The fourth-order valence-electron chi connectivity index (χ4n) is 3.54. The fraction of sp³-hybridized carbons (Fsp3) is 0.286. The number of aromatic nitrogens is 4. The molecule has 1 saturated carbocycles. The van der Waals surface area contributed by atoms with Crippen LogP contribution in [0.3, 0.4) is 0 Å². The molecule has 0 radical (unpaired) electrons. The number of fused-ring (bicyclic) bond motifs is 2. The number of aromatic amines is 1. The normalized spacial score (nSPS) is 15.6. The van der Waals surface area contributed by atoms with Gasteiger partial charge in [-0.05, 0) is 49.6 Å². The Bertz CT molecular complexity index is 1270. The van der Waals surface area contributed by atoms with Gasteiger partial charge in [-0.1, -0.05) is 0 Å². The molecule has 0 unspecified atom stereocenters. The van der Waals surface area contributed by atoms with Gasteiger partial charge in [-0.2, -0.15) is 18.3 Å². The van der Waals surface area contributed by atoms with Gasteiger partial charge in [0.05, 0.1) is 17.3 Å². The van der Waals surface area contributed by atoms with Crippen LogP contribution in [-0.2, 0) is 0 Å². The van der Waals surface area contributed by atoms with Crippen LogP contribution in [0.1, 0.15) is 41.7 Å². The minimum atomic E-state index is -4.51. The van der Waals surface area contributed by atoms with E-state index >= 15 is 0 Å². The van der Waals surface area contributed by atoms with Gasteiger partial charge in [0.15, 0.2) is 0 Å². The van der Waals surface area contributed by atoms with E-state index in [0.717, 1.165) is 34.8 Å². The van der Waals surface area contributed by atoms with Gasteiger partial charge in [-0.25, -0.2) is 9.50 Å². The first-order valence-electron chi connectivity index (χ1n) is 9.64. The molecule has 5 rings (SSSR count). The summed E-state index contributed by atoms with van der Waals surface area (Å²) >= 11 is 0. The van der Waals surface area contributed by atoms with Crippen molar-refractivity contribution in [2.75, 3.05) is 0 Å². The lowest BCUT2D eigenvalue weighted by Crippen LogP contribution is -2.43. The second-order valence-corrected chi connectivity index (χ2v) is 7.65. The Morgan fingerprint density at radius 1 is 1.30 bits per heavy atom. The largest absolute Gasteiger partial charge is 0.408 e. The van der Waals surface area contributed by atoms with Crippen LogP contribution in [0, 0.1) is 0 Å². The number of pyridine rings is 2. The van der Waals surface area contributed by atoms with Crippen molar-refractivity contribution in [1.29, 1.82) is 0 Å². The SMILES string of the molecule is C[C@@H](NC(=O)c1cnn2ccc(-c3c[nH]c4nc(C5CC5)ccc34)cc12)C(F)(F)F. The topological polar surface area (TPSA) is 75.1 Å². The van der Waals surface area contributed by atoms with Gasteiger partial charge in [0, 0.05) is 35.0 Å². The Hall–Kier alpha value is -3.36. The number of H-pyrrole nitrogens is 1. The number of carbonyl (C=O) groups is 1. The van der Waals surface area contributed by atoms with Gasteiger partial charge < -0.3 is 10.3 Å². The second-order valence-electron chi connectivity index (χ2n) is 7.65. The van der Waals surface area contributed by atoms with Gasteiger partial charge in [0.25, 0.3) is 5.91 Å². The van der Waals surface area contributed by atoms with E-state index in [4.69, 9.17) is 4.98 Å². The van der Waals surface area contributed by atoms with Crippen molar-refractivity contribution < 1.29 is 18.0 Å². The monoisotopic (exact) mass is 413 g/mol. The Labute approximate surface area is 169 Å². The number of hydrogen-bond donors (Lipinski definition) is 2. The molecule has 1 amide bonds. The summed E-state index contributed by atoms with van der Waals surface area (Å²) in [7, 11) is 0. The fourth-order valence-corrected chi connectivity index (χ4v) is 3.54. The molecule has 0 spiro atoms. The predicted molar refractivity (Wildman–Crippen MR) is 105 cm³/mol. The molecule has 4 aromatic rings. The number of nitrogens with zero attached hydrogens (tertiary/aromatic N) is 3. The van der Waals surface area contributed by atoms with Crippen molar-refractivity contribution >= 4 is 22.5 Å². The summed E-state index contributed by atoms with van der Waals surface area (Å²) in [5, 5.41) is 7.02. The average molecular weight is 413 g/mol. The van der Waals surface area contributed by atoms with Crippen molar-refractivity contribution in [1.82, 2.24) is 24.9 Å². The third-order valence-electron chi connectivity index (χ3n) is 5.47. The molecule has 4 heterocycles. The van der Waals surface area contributed by atoms with Crippen LogP contribution in [0.2, 0.25) is 0 Å². The summed E-state index contributed by atoms with van der Waals surface area (Å²) < 4.78 is 39.9. The quantitative estimate of drug-likeness (QED) is 0.520. The molecule has 0 saturated heterocycles. The summed E-state index contributed by atoms with van der Waals surface area (Å²) in [5.74, 6) is -0.272. The van der Waals surface area contributed by atoms with Gasteiger partial charge in [-0.3, -0.25) is 4.79 Å². The lowest BCUT2D eigenvalue weighted by Gasteiger charge is -2.16. The van der Waals surface area contributed by atoms with Gasteiger partial charge >= 0.3 is 6.18 Å². The molecule has 1 aliphatic carbocycles. The highest BCUT2D eigenvalue weighted by Crippen LogP contribution is 2.40. The standard InChI is InChI=1S/C21H18F3N5O/c1-11(21(22,23)24)27-20(30)16-10-26-29-7-6-13(8-18(16)29)15-9-25-19-14(15)4-5-17(28-19)12-2-3-12/h4-12H,2-3H2,1H3,(H,25,28)(H,27,30)/t11-/m1/s1. The smallest absolute Gasteiger partial charge is 0.346 e. The summed E-state index contributed by atoms with van der Waals surface area (Å²) in [6.45, 7) is 0.907. The van der Waals surface area contributed by atoms with E-state index in [1.807, 2.05) is 29.7 Å². The van der Waals surface area contributed by atoms with Crippen LogP contribution < -0.4 is 5.32 Å². The van der Waals surface area contributed by atoms with Crippen LogP contribution in [-0.4, -0.2) is 37.7 Å². The maximum atomic E-state index is 12.8. The minimum absolute atomic E-state index is 0.0851.